The molecule has 4 aromatic rings. The normalized spacial score (nSPS) is 13.5. The van der Waals surface area contributed by atoms with Crippen molar-refractivity contribution in [2.24, 2.45) is 11.5 Å². The Balaban J connectivity index is 1.59. The van der Waals surface area contributed by atoms with Gasteiger partial charge in [0.1, 0.15) is 29.9 Å². The van der Waals surface area contributed by atoms with Crippen molar-refractivity contribution in [2.75, 3.05) is 13.6 Å². The number of aromatic hydroxyl groups is 1. The number of phenolic OH excluding ortho intramolecular Hbond substituents is 1. The van der Waals surface area contributed by atoms with E-state index in [4.69, 9.17) is 11.5 Å². The second-order valence-electron chi connectivity index (χ2n) is 13.1. The zero-order chi connectivity index (χ0) is 39.1. The van der Waals surface area contributed by atoms with Crippen LogP contribution >= 0.6 is 0 Å². The van der Waals surface area contributed by atoms with Gasteiger partial charge in [0.05, 0.1) is 5.75 Å². The molecule has 4 aromatic carbocycles. The summed E-state index contributed by atoms with van der Waals surface area (Å²) in [6.07, 6.45) is 0.550. The molecule has 0 fully saturated rings. The molecule has 8 N–H and O–H groups in total. The Bertz CT molecular complexity index is 1930. The lowest BCUT2D eigenvalue weighted by Crippen LogP contribution is -2.59. The first kappa shape index (κ1) is 41.2. The van der Waals surface area contributed by atoms with Gasteiger partial charge in [-0.3, -0.25) is 19.2 Å². The van der Waals surface area contributed by atoms with Gasteiger partial charge in [0.15, 0.2) is 0 Å². The zero-order valence-corrected chi connectivity index (χ0v) is 31.0. The van der Waals surface area contributed by atoms with Crippen LogP contribution in [0.1, 0.15) is 35.1 Å². The van der Waals surface area contributed by atoms with Crippen molar-refractivity contribution in [3.63, 3.8) is 0 Å². The number of nitrogens with two attached hydrogens (primary N) is 2. The maximum absolute atomic E-state index is 14.1. The molecule has 0 spiro atoms. The highest BCUT2D eigenvalue weighted by Crippen LogP contribution is 2.16. The Morgan fingerprint density at radius 3 is 1.65 bits per heavy atom. The van der Waals surface area contributed by atoms with Crippen LogP contribution in [0, 0.1) is 0 Å². The van der Waals surface area contributed by atoms with E-state index in [0.717, 1.165) is 0 Å². The summed E-state index contributed by atoms with van der Waals surface area (Å²) in [5, 5.41) is 15.2. The molecule has 0 heterocycles. The van der Waals surface area contributed by atoms with Crippen molar-refractivity contribution in [3.8, 4) is 5.75 Å². The predicted octanol–water partition coefficient (Wildman–Crippen LogP) is 1.93. The molecule has 0 aliphatic rings. The third kappa shape index (κ3) is 12.8. The number of carbonyl (C=O) groups excluding carboxylic acids is 4. The van der Waals surface area contributed by atoms with Gasteiger partial charge in [0.2, 0.25) is 33.7 Å². The molecule has 0 radical (unpaired) electrons. The van der Waals surface area contributed by atoms with Gasteiger partial charge in [-0.25, -0.2) is 13.1 Å². The van der Waals surface area contributed by atoms with Crippen molar-refractivity contribution in [2.45, 2.75) is 62.0 Å². The first-order valence-corrected chi connectivity index (χ1v) is 19.3. The minimum atomic E-state index is -4.03. The smallest absolute Gasteiger partial charge is 0.245 e. The molecule has 13 nitrogen and oxygen atoms in total. The molecule has 4 amide bonds. The van der Waals surface area contributed by atoms with Crippen LogP contribution in [0.3, 0.4) is 0 Å². The highest BCUT2D eigenvalue weighted by atomic mass is 32.2. The lowest BCUT2D eigenvalue weighted by Gasteiger charge is -2.31. The first-order valence-electron chi connectivity index (χ1n) is 17.6. The quantitative estimate of drug-likeness (QED) is 0.0782. The number of likely N-dealkylation sites (N-methyl/N-ethyl adjacent to an activating group) is 1. The number of amides is 4. The van der Waals surface area contributed by atoms with Gasteiger partial charge in [-0.05, 0) is 60.2 Å². The number of carbonyl (C=O) groups is 4. The molecule has 0 unspecified atom stereocenters. The average molecular weight is 757 g/mol. The molecule has 0 aliphatic heterocycles. The van der Waals surface area contributed by atoms with Crippen LogP contribution in [0.5, 0.6) is 5.75 Å². The Morgan fingerprint density at radius 2 is 1.13 bits per heavy atom. The fraction of sp³-hybridized carbons (Fsp3) is 0.300. The second kappa shape index (κ2) is 20.0. The van der Waals surface area contributed by atoms with Crippen LogP contribution in [0.25, 0.3) is 0 Å². The van der Waals surface area contributed by atoms with Crippen LogP contribution in [0.15, 0.2) is 115 Å². The summed E-state index contributed by atoms with van der Waals surface area (Å²) in [5.41, 5.74) is 14.1. The second-order valence-corrected chi connectivity index (χ2v) is 14.8. The molecule has 4 atom stereocenters. The Labute approximate surface area is 316 Å². The highest BCUT2D eigenvalue weighted by molar-refractivity contribution is 7.88. The van der Waals surface area contributed by atoms with Gasteiger partial charge in [0.25, 0.3) is 0 Å². The van der Waals surface area contributed by atoms with E-state index in [9.17, 15) is 32.7 Å². The number of nitrogens with zero attached hydrogens (tertiary/aromatic N) is 1. The molecule has 0 aromatic heterocycles. The summed E-state index contributed by atoms with van der Waals surface area (Å²) in [6, 6.07) is 27.8. The van der Waals surface area contributed by atoms with E-state index >= 15 is 0 Å². The summed E-state index contributed by atoms with van der Waals surface area (Å²) in [7, 11) is -2.61. The SMILES string of the molecule is CN(C(=O)[C@H](CCCN)NC(=O)[C@H](Cc1ccccc1)NC(=O)[C@@H](Cc1ccccc1)NS(=O)(=O)Cc1ccccc1)[C@@H](Cc1ccc(O)cc1)C(N)=O. The number of hydrogen-bond donors (Lipinski definition) is 6. The number of benzene rings is 4. The van der Waals surface area contributed by atoms with Crippen LogP contribution in [-0.4, -0.2) is 79.8 Å². The van der Waals surface area contributed by atoms with E-state index in [1.165, 1.54) is 24.1 Å². The minimum absolute atomic E-state index is 0.00167. The largest absolute Gasteiger partial charge is 0.508 e. The number of rotatable bonds is 20. The van der Waals surface area contributed by atoms with Gasteiger partial charge >= 0.3 is 0 Å². The van der Waals surface area contributed by atoms with Crippen molar-refractivity contribution in [1.29, 1.82) is 0 Å². The lowest BCUT2D eigenvalue weighted by atomic mass is 10.0. The summed E-state index contributed by atoms with van der Waals surface area (Å²) in [5.74, 6) is -3.13. The summed E-state index contributed by atoms with van der Waals surface area (Å²) < 4.78 is 29.3. The topological polar surface area (TPSA) is 214 Å². The number of primary amides is 1. The lowest BCUT2D eigenvalue weighted by molar-refractivity contribution is -0.141. The fourth-order valence-corrected chi connectivity index (χ4v) is 7.29. The summed E-state index contributed by atoms with van der Waals surface area (Å²) in [4.78, 5) is 55.9. The molecular weight excluding hydrogens is 709 g/mol. The van der Waals surface area contributed by atoms with E-state index in [-0.39, 0.29) is 43.7 Å². The van der Waals surface area contributed by atoms with Crippen LogP contribution in [-0.2, 0) is 54.2 Å². The Kier molecular flexibility index (Phi) is 15.3. The standard InChI is InChI=1S/C40H48N6O7S/c1-46(36(37(42)48)26-30-19-21-32(47)22-20-30)40(51)33(18-11-23-41)43-38(49)34(24-28-12-5-2-6-13-28)44-39(50)35(25-29-14-7-3-8-15-29)45-54(52,53)27-31-16-9-4-10-17-31/h2-10,12-17,19-22,33-36,45,47H,11,18,23-27,41H2,1H3,(H2,42,48)(H,43,49)(H,44,50)/t33-,34-,35+,36-/m0/s1. The Morgan fingerprint density at radius 1 is 0.667 bits per heavy atom. The number of phenols is 1. The number of sulfonamides is 1. The highest BCUT2D eigenvalue weighted by Gasteiger charge is 2.34. The van der Waals surface area contributed by atoms with E-state index < -0.39 is 57.8 Å². The monoisotopic (exact) mass is 756 g/mol. The molecule has 14 heteroatoms. The first-order chi connectivity index (χ1) is 25.8. The molecule has 0 saturated carbocycles. The third-order valence-electron chi connectivity index (χ3n) is 8.86. The molecule has 54 heavy (non-hydrogen) atoms. The van der Waals surface area contributed by atoms with Crippen molar-refractivity contribution < 1.29 is 32.7 Å². The average Bonchev–Trinajstić information content (AvgIpc) is 3.15. The molecule has 0 aliphatic carbocycles. The Hall–Kier alpha value is -5.57. The maximum atomic E-state index is 14.1. The van der Waals surface area contributed by atoms with Crippen molar-refractivity contribution in [3.05, 3.63) is 138 Å². The molecule has 4 rings (SSSR count). The number of hydrogen-bond acceptors (Lipinski definition) is 8. The van der Waals surface area contributed by atoms with E-state index in [1.54, 1.807) is 103 Å². The van der Waals surface area contributed by atoms with Gasteiger partial charge in [-0.15, -0.1) is 0 Å². The van der Waals surface area contributed by atoms with Crippen LogP contribution in [0.4, 0.5) is 0 Å². The van der Waals surface area contributed by atoms with Crippen LogP contribution < -0.4 is 26.8 Å². The van der Waals surface area contributed by atoms with Crippen molar-refractivity contribution >= 4 is 33.7 Å². The van der Waals surface area contributed by atoms with Gasteiger partial charge in [-0.1, -0.05) is 103 Å². The van der Waals surface area contributed by atoms with Gasteiger partial charge in [0, 0.05) is 19.9 Å². The molecular formula is C40H48N6O7S. The minimum Gasteiger partial charge on any atom is -0.508 e. The maximum Gasteiger partial charge on any atom is 0.245 e. The van der Waals surface area contributed by atoms with Gasteiger partial charge < -0.3 is 32.1 Å². The fourth-order valence-electron chi connectivity index (χ4n) is 5.96. The molecule has 286 valence electrons. The van der Waals surface area contributed by atoms with E-state index in [0.29, 0.717) is 28.7 Å². The molecule has 0 bridgehead atoms. The van der Waals surface area contributed by atoms with E-state index in [1.807, 2.05) is 0 Å². The van der Waals surface area contributed by atoms with Crippen molar-refractivity contribution in [1.82, 2.24) is 20.3 Å². The summed E-state index contributed by atoms with van der Waals surface area (Å²) >= 11 is 0. The number of nitrogens with one attached hydrogen (secondary N) is 3. The van der Waals surface area contributed by atoms with E-state index in [2.05, 4.69) is 15.4 Å². The van der Waals surface area contributed by atoms with Gasteiger partial charge in [-0.2, -0.15) is 0 Å². The van der Waals surface area contributed by atoms with Crippen LogP contribution in [0.2, 0.25) is 0 Å². The third-order valence-corrected chi connectivity index (χ3v) is 10.2. The molecule has 0 saturated heterocycles. The zero-order valence-electron chi connectivity index (χ0n) is 30.1. The predicted molar refractivity (Wildman–Crippen MR) is 206 cm³/mol. The summed E-state index contributed by atoms with van der Waals surface area (Å²) in [6.45, 7) is 0.213.